The van der Waals surface area contributed by atoms with Crippen molar-refractivity contribution < 1.29 is 14.5 Å². The first-order valence-electron chi connectivity index (χ1n) is 6.00. The maximum atomic E-state index is 12.1. The molecule has 1 aliphatic heterocycles. The van der Waals surface area contributed by atoms with E-state index in [1.807, 2.05) is 0 Å². The van der Waals surface area contributed by atoms with Crippen LogP contribution in [0.2, 0.25) is 0 Å². The quantitative estimate of drug-likeness (QED) is 0.328. The zero-order valence-electron chi connectivity index (χ0n) is 10.7. The number of hydrogen-bond acceptors (Lipinski definition) is 5. The highest BCUT2D eigenvalue weighted by atomic mass is 16.6. The molecule has 8 heteroatoms. The predicted octanol–water partition coefficient (Wildman–Crippen LogP) is 0.196. The molecule has 1 spiro atoms. The van der Waals surface area contributed by atoms with Gasteiger partial charge in [-0.15, -0.1) is 0 Å². The minimum Gasteiger partial charge on any atom is -0.393 e. The Bertz CT molecular complexity index is 672. The third-order valence-corrected chi connectivity index (χ3v) is 4.10. The Hall–Kier alpha value is -2.64. The van der Waals surface area contributed by atoms with Crippen molar-refractivity contribution in [2.24, 2.45) is 0 Å². The SMILES string of the molecule is CN1C(=O)NC(=O)C12Cc1cc(N)c([N+](=O)[O-])cc1C2. The molecule has 0 radical (unpaired) electrons. The van der Waals surface area contributed by atoms with E-state index in [0.29, 0.717) is 12.0 Å². The molecule has 2 aliphatic rings. The highest BCUT2D eigenvalue weighted by molar-refractivity contribution is 6.07. The highest BCUT2D eigenvalue weighted by Gasteiger charge is 2.54. The van der Waals surface area contributed by atoms with E-state index in [4.69, 9.17) is 5.73 Å². The van der Waals surface area contributed by atoms with Crippen molar-refractivity contribution >= 4 is 23.3 Å². The second kappa shape index (κ2) is 3.69. The molecule has 1 heterocycles. The number of nitrogens with two attached hydrogens (primary N) is 1. The third kappa shape index (κ3) is 1.41. The lowest BCUT2D eigenvalue weighted by Gasteiger charge is -2.27. The number of nitro benzene ring substituents is 1. The molecule has 20 heavy (non-hydrogen) atoms. The molecule has 1 aromatic carbocycles. The first-order chi connectivity index (χ1) is 9.35. The summed E-state index contributed by atoms with van der Waals surface area (Å²) in [6.07, 6.45) is 0.579. The Morgan fingerprint density at radius 1 is 1.35 bits per heavy atom. The molecule has 1 aromatic rings. The Labute approximate surface area is 113 Å². The Balaban J connectivity index is 2.07. The fourth-order valence-electron chi connectivity index (χ4n) is 2.92. The van der Waals surface area contributed by atoms with Crippen molar-refractivity contribution in [1.29, 1.82) is 0 Å². The topological polar surface area (TPSA) is 119 Å². The Morgan fingerprint density at radius 3 is 2.45 bits per heavy atom. The van der Waals surface area contributed by atoms with Crippen molar-refractivity contribution in [1.82, 2.24) is 10.2 Å². The van der Waals surface area contributed by atoms with Crippen LogP contribution >= 0.6 is 0 Å². The van der Waals surface area contributed by atoms with Gasteiger partial charge < -0.3 is 10.6 Å². The summed E-state index contributed by atoms with van der Waals surface area (Å²) in [7, 11) is 1.55. The van der Waals surface area contributed by atoms with E-state index in [9.17, 15) is 19.7 Å². The standard InChI is InChI=1S/C12H12N4O4/c1-15-11(18)14-10(17)12(15)4-6-2-8(13)9(16(19)20)3-7(6)5-12/h2-3H,4-5,13H2,1H3,(H,14,17,18). The number of hydrogen-bond donors (Lipinski definition) is 2. The summed E-state index contributed by atoms with van der Waals surface area (Å²) in [5.74, 6) is -0.373. The molecular formula is C12H12N4O4. The molecular weight excluding hydrogens is 264 g/mol. The minimum atomic E-state index is -0.985. The monoisotopic (exact) mass is 276 g/mol. The summed E-state index contributed by atoms with van der Waals surface area (Å²) >= 11 is 0. The molecule has 104 valence electrons. The number of rotatable bonds is 1. The van der Waals surface area contributed by atoms with Gasteiger partial charge in [-0.1, -0.05) is 0 Å². The molecule has 1 saturated heterocycles. The van der Waals surface area contributed by atoms with Crippen LogP contribution in [0.5, 0.6) is 0 Å². The third-order valence-electron chi connectivity index (χ3n) is 4.10. The average molecular weight is 276 g/mol. The van der Waals surface area contributed by atoms with Crippen molar-refractivity contribution in [3.05, 3.63) is 33.4 Å². The van der Waals surface area contributed by atoms with E-state index in [0.717, 1.165) is 5.56 Å². The Kier molecular flexibility index (Phi) is 2.28. The fraction of sp³-hybridized carbons (Fsp3) is 0.333. The number of anilines is 1. The van der Waals surface area contributed by atoms with Crippen molar-refractivity contribution in [2.75, 3.05) is 12.8 Å². The lowest BCUT2D eigenvalue weighted by atomic mass is 9.95. The number of urea groups is 1. The first-order valence-corrected chi connectivity index (χ1v) is 6.00. The maximum Gasteiger partial charge on any atom is 0.324 e. The summed E-state index contributed by atoms with van der Waals surface area (Å²) < 4.78 is 0. The van der Waals surface area contributed by atoms with Crippen LogP contribution in [0.1, 0.15) is 11.1 Å². The van der Waals surface area contributed by atoms with Gasteiger partial charge in [0.2, 0.25) is 0 Å². The second-order valence-corrected chi connectivity index (χ2v) is 5.14. The number of fused-ring (bicyclic) bond motifs is 1. The number of nitrogens with one attached hydrogen (secondary N) is 1. The summed E-state index contributed by atoms with van der Waals surface area (Å²) in [5.41, 5.74) is 6.02. The number of nitrogens with zero attached hydrogens (tertiary/aromatic N) is 2. The zero-order chi connectivity index (χ0) is 14.7. The number of amides is 3. The molecule has 1 fully saturated rings. The van der Waals surface area contributed by atoms with Gasteiger partial charge in [-0.2, -0.15) is 0 Å². The van der Waals surface area contributed by atoms with Crippen LogP contribution in [0.25, 0.3) is 0 Å². The molecule has 3 N–H and O–H groups in total. The highest BCUT2D eigenvalue weighted by Crippen LogP contribution is 2.40. The van der Waals surface area contributed by atoms with Gasteiger partial charge in [0.05, 0.1) is 4.92 Å². The molecule has 3 rings (SSSR count). The zero-order valence-corrected chi connectivity index (χ0v) is 10.7. The number of nitrogen functional groups attached to an aromatic ring is 1. The number of imide groups is 1. The molecule has 0 bridgehead atoms. The summed E-state index contributed by atoms with van der Waals surface area (Å²) in [6, 6.07) is 2.46. The average Bonchev–Trinajstić information content (AvgIpc) is 2.83. The molecule has 8 nitrogen and oxygen atoms in total. The normalized spacial score (nSPS) is 24.1. The van der Waals surface area contributed by atoms with Gasteiger partial charge in [-0.05, 0) is 17.2 Å². The van der Waals surface area contributed by atoms with Crippen molar-refractivity contribution in [2.45, 2.75) is 18.4 Å². The summed E-state index contributed by atoms with van der Waals surface area (Å²) in [5, 5.41) is 13.2. The molecule has 1 atom stereocenters. The number of nitro groups is 1. The smallest absolute Gasteiger partial charge is 0.324 e. The van der Waals surface area contributed by atoms with Gasteiger partial charge in [-0.25, -0.2) is 4.79 Å². The van der Waals surface area contributed by atoms with Gasteiger partial charge in [-0.3, -0.25) is 20.2 Å². The van der Waals surface area contributed by atoms with Gasteiger partial charge in [0, 0.05) is 26.0 Å². The lowest BCUT2D eigenvalue weighted by Crippen LogP contribution is -2.48. The maximum absolute atomic E-state index is 12.1. The van der Waals surface area contributed by atoms with Crippen LogP contribution in [0.15, 0.2) is 12.1 Å². The van der Waals surface area contributed by atoms with Gasteiger partial charge in [0.15, 0.2) is 0 Å². The van der Waals surface area contributed by atoms with E-state index in [-0.39, 0.29) is 23.7 Å². The Morgan fingerprint density at radius 2 is 1.95 bits per heavy atom. The van der Waals surface area contributed by atoms with Gasteiger partial charge in [0.25, 0.3) is 11.6 Å². The number of carbonyl (C=O) groups is 2. The van der Waals surface area contributed by atoms with Crippen LogP contribution in [0.4, 0.5) is 16.2 Å². The van der Waals surface area contributed by atoms with E-state index in [1.165, 1.54) is 17.0 Å². The fourth-order valence-corrected chi connectivity index (χ4v) is 2.92. The number of likely N-dealkylation sites (N-methyl/N-ethyl adjacent to an activating group) is 1. The van der Waals surface area contributed by atoms with Crippen LogP contribution < -0.4 is 11.1 Å². The molecule has 0 aromatic heterocycles. The summed E-state index contributed by atoms with van der Waals surface area (Å²) in [6.45, 7) is 0. The number of carbonyl (C=O) groups excluding carboxylic acids is 2. The van der Waals surface area contributed by atoms with Gasteiger partial charge >= 0.3 is 6.03 Å². The molecule has 1 aliphatic carbocycles. The van der Waals surface area contributed by atoms with Gasteiger partial charge in [0.1, 0.15) is 11.2 Å². The second-order valence-electron chi connectivity index (χ2n) is 5.14. The van der Waals surface area contributed by atoms with Crippen molar-refractivity contribution in [3.8, 4) is 0 Å². The lowest BCUT2D eigenvalue weighted by molar-refractivity contribution is -0.384. The van der Waals surface area contributed by atoms with Crippen LogP contribution in [-0.4, -0.2) is 34.3 Å². The minimum absolute atomic E-state index is 0.0678. The first kappa shape index (κ1) is 12.4. The van der Waals surface area contributed by atoms with Crippen LogP contribution in [-0.2, 0) is 17.6 Å². The van der Waals surface area contributed by atoms with E-state index in [2.05, 4.69) is 5.32 Å². The van der Waals surface area contributed by atoms with E-state index in [1.54, 1.807) is 7.05 Å². The van der Waals surface area contributed by atoms with Crippen molar-refractivity contribution in [3.63, 3.8) is 0 Å². The number of benzene rings is 1. The predicted molar refractivity (Wildman–Crippen MR) is 68.9 cm³/mol. The largest absolute Gasteiger partial charge is 0.393 e. The van der Waals surface area contributed by atoms with Crippen LogP contribution in [0.3, 0.4) is 0 Å². The molecule has 3 amide bonds. The van der Waals surface area contributed by atoms with E-state index >= 15 is 0 Å². The summed E-state index contributed by atoms with van der Waals surface area (Å²) in [4.78, 5) is 35.4. The molecule has 0 saturated carbocycles. The molecule has 1 unspecified atom stereocenters. The van der Waals surface area contributed by atoms with E-state index < -0.39 is 16.5 Å². The van der Waals surface area contributed by atoms with Crippen LogP contribution in [0, 0.1) is 10.1 Å².